The molecule has 1 amide bonds. The third kappa shape index (κ3) is 4.77. The third-order valence-electron chi connectivity index (χ3n) is 4.00. The average Bonchev–Trinajstić information content (AvgIpc) is 3.20. The van der Waals surface area contributed by atoms with Gasteiger partial charge in [-0.3, -0.25) is 4.79 Å². The molecule has 0 radical (unpaired) electrons. The molecule has 0 aliphatic heterocycles. The zero-order valence-corrected chi connectivity index (χ0v) is 17.3. The molecule has 0 unspecified atom stereocenters. The Morgan fingerprint density at radius 1 is 1.03 bits per heavy atom. The van der Waals surface area contributed by atoms with E-state index in [0.29, 0.717) is 33.8 Å². The second-order valence-electron chi connectivity index (χ2n) is 5.96. The smallest absolute Gasteiger partial charge is 0.234 e. The zero-order chi connectivity index (χ0) is 20.8. The number of benzene rings is 2. The van der Waals surface area contributed by atoms with Gasteiger partial charge < -0.3 is 19.5 Å². The molecule has 3 aromatic rings. The van der Waals surface area contributed by atoms with Crippen LogP contribution in [0.3, 0.4) is 0 Å². The maximum absolute atomic E-state index is 12.4. The Hall–Kier alpha value is -3.27. The van der Waals surface area contributed by atoms with Crippen molar-refractivity contribution in [1.29, 1.82) is 0 Å². The third-order valence-corrected chi connectivity index (χ3v) is 4.92. The van der Waals surface area contributed by atoms with Gasteiger partial charge in [0, 0.05) is 11.8 Å². The van der Waals surface area contributed by atoms with Crippen molar-refractivity contribution >= 4 is 23.4 Å². The van der Waals surface area contributed by atoms with E-state index in [9.17, 15) is 4.79 Å². The summed E-state index contributed by atoms with van der Waals surface area (Å²) in [5, 5.41) is 15.1. The van der Waals surface area contributed by atoms with Gasteiger partial charge in [-0.15, -0.1) is 5.10 Å². The van der Waals surface area contributed by atoms with Crippen molar-refractivity contribution in [2.75, 3.05) is 32.4 Å². The molecule has 0 spiro atoms. The highest BCUT2D eigenvalue weighted by atomic mass is 32.2. The van der Waals surface area contributed by atoms with Crippen LogP contribution in [0.25, 0.3) is 5.69 Å². The van der Waals surface area contributed by atoms with Gasteiger partial charge in [0.25, 0.3) is 0 Å². The lowest BCUT2D eigenvalue weighted by atomic mass is 10.2. The fourth-order valence-electron chi connectivity index (χ4n) is 2.63. The van der Waals surface area contributed by atoms with Crippen LogP contribution >= 0.6 is 11.8 Å². The predicted octanol–water partition coefficient (Wildman–Crippen LogP) is 2.73. The molecule has 1 N–H and O–H groups in total. The Labute approximate surface area is 172 Å². The number of carbonyl (C=O) groups is 1. The van der Waals surface area contributed by atoms with Gasteiger partial charge in [0.05, 0.1) is 27.1 Å². The molecule has 0 fully saturated rings. The van der Waals surface area contributed by atoms with E-state index in [1.807, 2.05) is 25.1 Å². The molecule has 3 rings (SSSR count). The van der Waals surface area contributed by atoms with E-state index < -0.39 is 0 Å². The first-order valence-corrected chi connectivity index (χ1v) is 9.62. The minimum absolute atomic E-state index is 0.128. The average molecular weight is 415 g/mol. The zero-order valence-electron chi connectivity index (χ0n) is 16.5. The van der Waals surface area contributed by atoms with Gasteiger partial charge in [-0.1, -0.05) is 17.8 Å². The molecule has 10 heteroatoms. The van der Waals surface area contributed by atoms with Crippen LogP contribution in [0, 0.1) is 6.92 Å². The van der Waals surface area contributed by atoms with E-state index in [0.717, 1.165) is 5.56 Å². The molecule has 2 aromatic carbocycles. The standard InChI is InChI=1S/C19H21N5O4S/c1-12-5-7-15(26-2)14(9-12)24-19(21-22-23-24)29-11-18(25)20-13-6-8-16(27-3)17(10-13)28-4/h5-10H,11H2,1-4H3,(H,20,25). The van der Waals surface area contributed by atoms with Crippen molar-refractivity contribution < 1.29 is 19.0 Å². The van der Waals surface area contributed by atoms with E-state index in [1.165, 1.54) is 11.8 Å². The fraction of sp³-hybridized carbons (Fsp3) is 0.263. The topological polar surface area (TPSA) is 100 Å². The Balaban J connectivity index is 1.70. The summed E-state index contributed by atoms with van der Waals surface area (Å²) in [4.78, 5) is 12.4. The molecule has 1 aromatic heterocycles. The molecule has 0 saturated carbocycles. The lowest BCUT2D eigenvalue weighted by Crippen LogP contribution is -2.14. The van der Waals surface area contributed by atoms with Crippen LogP contribution in [0.5, 0.6) is 17.2 Å². The number of nitrogens with one attached hydrogen (secondary N) is 1. The molecule has 0 bridgehead atoms. The summed E-state index contributed by atoms with van der Waals surface area (Å²) >= 11 is 1.22. The van der Waals surface area contributed by atoms with Crippen LogP contribution in [0.4, 0.5) is 5.69 Å². The van der Waals surface area contributed by atoms with Gasteiger partial charge in [0.2, 0.25) is 11.1 Å². The number of aryl methyl sites for hydroxylation is 1. The SMILES string of the molecule is COc1ccc(NC(=O)CSc2nnnn2-c2cc(C)ccc2OC)cc1OC. The first-order valence-electron chi connectivity index (χ1n) is 8.63. The monoisotopic (exact) mass is 415 g/mol. The molecular weight excluding hydrogens is 394 g/mol. The van der Waals surface area contributed by atoms with Crippen molar-refractivity contribution in [2.45, 2.75) is 12.1 Å². The molecule has 9 nitrogen and oxygen atoms in total. The van der Waals surface area contributed by atoms with E-state index in [-0.39, 0.29) is 11.7 Å². The lowest BCUT2D eigenvalue weighted by molar-refractivity contribution is -0.113. The van der Waals surface area contributed by atoms with Gasteiger partial charge >= 0.3 is 0 Å². The largest absolute Gasteiger partial charge is 0.494 e. The summed E-state index contributed by atoms with van der Waals surface area (Å²) in [6, 6.07) is 10.9. The molecule has 0 aliphatic carbocycles. The Morgan fingerprint density at radius 2 is 1.76 bits per heavy atom. The maximum atomic E-state index is 12.4. The molecule has 152 valence electrons. The van der Waals surface area contributed by atoms with E-state index in [1.54, 1.807) is 44.2 Å². The summed E-state index contributed by atoms with van der Waals surface area (Å²) in [6.45, 7) is 1.97. The van der Waals surface area contributed by atoms with E-state index in [4.69, 9.17) is 14.2 Å². The van der Waals surface area contributed by atoms with Crippen molar-refractivity contribution in [3.63, 3.8) is 0 Å². The molecule has 0 atom stereocenters. The van der Waals surface area contributed by atoms with Gasteiger partial charge in [-0.25, -0.2) is 0 Å². The minimum atomic E-state index is -0.201. The van der Waals surface area contributed by atoms with Crippen LogP contribution in [0.15, 0.2) is 41.6 Å². The first kappa shape index (κ1) is 20.5. The van der Waals surface area contributed by atoms with Crippen LogP contribution in [-0.2, 0) is 4.79 Å². The van der Waals surface area contributed by atoms with E-state index in [2.05, 4.69) is 20.8 Å². The summed E-state index contributed by atoms with van der Waals surface area (Å²) in [6.07, 6.45) is 0. The van der Waals surface area contributed by atoms with Gasteiger partial charge in [0.1, 0.15) is 11.4 Å². The number of anilines is 1. The Morgan fingerprint density at radius 3 is 2.48 bits per heavy atom. The number of hydrogen-bond donors (Lipinski definition) is 1. The Kier molecular flexibility index (Phi) is 6.55. The maximum Gasteiger partial charge on any atom is 0.234 e. The summed E-state index contributed by atoms with van der Waals surface area (Å²) in [5.74, 6) is 1.69. The second kappa shape index (κ2) is 9.28. The minimum Gasteiger partial charge on any atom is -0.494 e. The summed E-state index contributed by atoms with van der Waals surface area (Å²) in [7, 11) is 4.68. The van der Waals surface area contributed by atoms with E-state index >= 15 is 0 Å². The first-order chi connectivity index (χ1) is 14.0. The number of thioether (sulfide) groups is 1. The van der Waals surface area contributed by atoms with Crippen molar-refractivity contribution in [1.82, 2.24) is 20.2 Å². The number of amides is 1. The number of rotatable bonds is 8. The number of aromatic nitrogens is 4. The number of carbonyl (C=O) groups excluding carboxylic acids is 1. The van der Waals surface area contributed by atoms with Gasteiger partial charge in [0.15, 0.2) is 11.5 Å². The molecule has 0 aliphatic rings. The van der Waals surface area contributed by atoms with Gasteiger partial charge in [-0.05, 0) is 47.2 Å². The van der Waals surface area contributed by atoms with Crippen molar-refractivity contribution in [2.24, 2.45) is 0 Å². The van der Waals surface area contributed by atoms with Crippen LogP contribution in [-0.4, -0.2) is 53.2 Å². The number of methoxy groups -OCH3 is 3. The van der Waals surface area contributed by atoms with Crippen LogP contribution in [0.1, 0.15) is 5.56 Å². The predicted molar refractivity (Wildman–Crippen MR) is 109 cm³/mol. The quantitative estimate of drug-likeness (QED) is 0.561. The summed E-state index contributed by atoms with van der Waals surface area (Å²) < 4.78 is 17.4. The molecule has 29 heavy (non-hydrogen) atoms. The van der Waals surface area contributed by atoms with Gasteiger partial charge in [-0.2, -0.15) is 4.68 Å². The fourth-order valence-corrected chi connectivity index (χ4v) is 3.31. The van der Waals surface area contributed by atoms with Crippen LogP contribution in [0.2, 0.25) is 0 Å². The van der Waals surface area contributed by atoms with Crippen LogP contribution < -0.4 is 19.5 Å². The molecular formula is C19H21N5O4S. The number of hydrogen-bond acceptors (Lipinski definition) is 8. The lowest BCUT2D eigenvalue weighted by Gasteiger charge is -2.11. The number of ether oxygens (including phenoxy) is 3. The Bertz CT molecular complexity index is 1010. The van der Waals surface area contributed by atoms with Crippen molar-refractivity contribution in [3.05, 3.63) is 42.0 Å². The highest BCUT2D eigenvalue weighted by Gasteiger charge is 2.15. The number of tetrazole rings is 1. The van der Waals surface area contributed by atoms with Crippen molar-refractivity contribution in [3.8, 4) is 22.9 Å². The normalized spacial score (nSPS) is 10.5. The second-order valence-corrected chi connectivity index (χ2v) is 6.90. The number of nitrogens with zero attached hydrogens (tertiary/aromatic N) is 4. The highest BCUT2D eigenvalue weighted by molar-refractivity contribution is 7.99. The highest BCUT2D eigenvalue weighted by Crippen LogP contribution is 2.30. The summed E-state index contributed by atoms with van der Waals surface area (Å²) in [5.41, 5.74) is 2.35. The molecule has 0 saturated heterocycles. The molecule has 1 heterocycles.